The van der Waals surface area contributed by atoms with Crippen molar-refractivity contribution in [2.45, 2.75) is 43.5 Å². The molecule has 1 N–H and O–H groups in total. The molecular weight excluding hydrogens is 408 g/mol. The molecule has 3 atom stereocenters. The van der Waals surface area contributed by atoms with Gasteiger partial charge in [-0.15, -0.1) is 0 Å². The fourth-order valence-electron chi connectivity index (χ4n) is 4.68. The van der Waals surface area contributed by atoms with Gasteiger partial charge in [0.05, 0.1) is 10.6 Å². The predicted octanol–water partition coefficient (Wildman–Crippen LogP) is 4.15. The van der Waals surface area contributed by atoms with Gasteiger partial charge in [0.1, 0.15) is 6.54 Å². The first kappa shape index (κ1) is 20.2. The maximum Gasteiger partial charge on any atom is 0.264 e. The fourth-order valence-corrected chi connectivity index (χ4v) is 6.29. The van der Waals surface area contributed by atoms with Gasteiger partial charge in [-0.05, 0) is 73.9 Å². The molecule has 7 heteroatoms. The van der Waals surface area contributed by atoms with E-state index >= 15 is 0 Å². The summed E-state index contributed by atoms with van der Waals surface area (Å²) >= 11 is 5.92. The van der Waals surface area contributed by atoms with Crippen molar-refractivity contribution in [1.29, 1.82) is 0 Å². The number of hydrogen-bond donors (Lipinski definition) is 1. The molecule has 29 heavy (non-hydrogen) atoms. The average Bonchev–Trinajstić information content (AvgIpc) is 3.30. The Balaban J connectivity index is 1.61. The first-order valence-corrected chi connectivity index (χ1v) is 11.8. The molecule has 5 nitrogen and oxygen atoms in total. The zero-order chi connectivity index (χ0) is 20.6. The fraction of sp³-hybridized carbons (Fsp3) is 0.409. The summed E-state index contributed by atoms with van der Waals surface area (Å²) in [6.45, 7) is 1.59. The van der Waals surface area contributed by atoms with E-state index in [0.717, 1.165) is 18.4 Å². The smallest absolute Gasteiger partial charge is 0.264 e. The normalized spacial score (nSPS) is 23.2. The van der Waals surface area contributed by atoms with Crippen LogP contribution in [0.5, 0.6) is 0 Å². The van der Waals surface area contributed by atoms with Gasteiger partial charge in [-0.25, -0.2) is 8.42 Å². The van der Waals surface area contributed by atoms with Crippen LogP contribution in [0, 0.1) is 18.8 Å². The standard InChI is InChI=1S/C22H25ClN2O3S/c1-15-4-2-3-5-21(15)25(29(27,28)19-10-8-18(23)9-11-19)14-22(26)24-20-13-16-6-7-17(20)12-16/h2-5,8-11,16-17,20H,6-7,12-14H2,1H3,(H,24,26)/t16-,17-,20+/m1/s1. The summed E-state index contributed by atoms with van der Waals surface area (Å²) in [5.41, 5.74) is 1.29. The lowest BCUT2D eigenvalue weighted by atomic mass is 9.95. The second kappa shape index (κ2) is 8.00. The second-order valence-electron chi connectivity index (χ2n) is 8.10. The van der Waals surface area contributed by atoms with Gasteiger partial charge in [0.15, 0.2) is 0 Å². The van der Waals surface area contributed by atoms with Gasteiger partial charge in [0.2, 0.25) is 5.91 Å². The van der Waals surface area contributed by atoms with Gasteiger partial charge in [0, 0.05) is 11.1 Å². The van der Waals surface area contributed by atoms with Crippen LogP contribution in [0.25, 0.3) is 0 Å². The Morgan fingerprint density at radius 3 is 2.45 bits per heavy atom. The van der Waals surface area contributed by atoms with Gasteiger partial charge in [0.25, 0.3) is 10.0 Å². The zero-order valence-electron chi connectivity index (χ0n) is 16.3. The van der Waals surface area contributed by atoms with Crippen LogP contribution >= 0.6 is 11.6 Å². The van der Waals surface area contributed by atoms with Crippen LogP contribution in [-0.4, -0.2) is 26.9 Å². The van der Waals surface area contributed by atoms with Gasteiger partial charge >= 0.3 is 0 Å². The molecule has 2 aliphatic rings. The molecule has 2 bridgehead atoms. The molecule has 2 fully saturated rings. The number of nitrogens with zero attached hydrogens (tertiary/aromatic N) is 1. The second-order valence-corrected chi connectivity index (χ2v) is 10.4. The maximum absolute atomic E-state index is 13.4. The molecule has 1 amide bonds. The lowest BCUT2D eigenvalue weighted by Gasteiger charge is -2.28. The Hall–Kier alpha value is -2.05. The molecule has 0 heterocycles. The first-order valence-electron chi connectivity index (χ1n) is 9.98. The number of nitrogens with one attached hydrogen (secondary N) is 1. The molecule has 0 aromatic heterocycles. The summed E-state index contributed by atoms with van der Waals surface area (Å²) in [5, 5.41) is 3.56. The molecule has 4 rings (SSSR count). The minimum atomic E-state index is -3.92. The molecule has 0 aliphatic heterocycles. The minimum Gasteiger partial charge on any atom is -0.352 e. The number of fused-ring (bicyclic) bond motifs is 2. The first-order chi connectivity index (χ1) is 13.8. The highest BCUT2D eigenvalue weighted by atomic mass is 35.5. The molecule has 2 aromatic rings. The van der Waals surface area contributed by atoms with E-state index < -0.39 is 10.0 Å². The monoisotopic (exact) mass is 432 g/mol. The van der Waals surface area contributed by atoms with Crippen molar-refractivity contribution in [3.05, 3.63) is 59.1 Å². The number of rotatable bonds is 6. The number of aryl methyl sites for hydroxylation is 1. The van der Waals surface area contributed by atoms with Gasteiger partial charge < -0.3 is 5.32 Å². The van der Waals surface area contributed by atoms with Crippen LogP contribution in [0.2, 0.25) is 5.02 Å². The van der Waals surface area contributed by atoms with E-state index in [9.17, 15) is 13.2 Å². The summed E-state index contributed by atoms with van der Waals surface area (Å²) < 4.78 is 28.0. The summed E-state index contributed by atoms with van der Waals surface area (Å²) in [6, 6.07) is 13.4. The van der Waals surface area contributed by atoms with Crippen LogP contribution in [0.4, 0.5) is 5.69 Å². The van der Waals surface area contributed by atoms with Crippen molar-refractivity contribution < 1.29 is 13.2 Å². The average molecular weight is 433 g/mol. The molecule has 2 saturated carbocycles. The van der Waals surface area contributed by atoms with Crippen LogP contribution in [0.3, 0.4) is 0 Å². The number of amides is 1. The third kappa shape index (κ3) is 4.14. The number of carbonyl (C=O) groups is 1. The number of sulfonamides is 1. The Morgan fingerprint density at radius 2 is 1.83 bits per heavy atom. The highest BCUT2D eigenvalue weighted by molar-refractivity contribution is 7.92. The lowest BCUT2D eigenvalue weighted by Crippen LogP contribution is -2.46. The zero-order valence-corrected chi connectivity index (χ0v) is 17.9. The van der Waals surface area contributed by atoms with E-state index in [1.165, 1.54) is 29.3 Å². The highest BCUT2D eigenvalue weighted by Gasteiger charge is 2.40. The largest absolute Gasteiger partial charge is 0.352 e. The summed E-state index contributed by atoms with van der Waals surface area (Å²) in [6.07, 6.45) is 4.58. The molecular formula is C22H25ClN2O3S. The maximum atomic E-state index is 13.4. The molecule has 2 aromatic carbocycles. The van der Waals surface area contributed by atoms with E-state index in [0.29, 0.717) is 22.5 Å². The lowest BCUT2D eigenvalue weighted by molar-refractivity contribution is -0.120. The van der Waals surface area contributed by atoms with Crippen LogP contribution in [-0.2, 0) is 14.8 Å². The van der Waals surface area contributed by atoms with E-state index in [4.69, 9.17) is 11.6 Å². The Bertz CT molecular complexity index is 1010. The SMILES string of the molecule is Cc1ccccc1N(CC(=O)N[C@H]1C[C@@H]2CC[C@@H]1C2)S(=O)(=O)c1ccc(Cl)cc1. The van der Waals surface area contributed by atoms with E-state index in [1.807, 2.05) is 19.1 Å². The van der Waals surface area contributed by atoms with Gasteiger partial charge in [-0.1, -0.05) is 36.2 Å². The molecule has 0 radical (unpaired) electrons. The Labute approximate surface area is 177 Å². The van der Waals surface area contributed by atoms with Crippen molar-refractivity contribution >= 4 is 33.2 Å². The summed E-state index contributed by atoms with van der Waals surface area (Å²) in [4.78, 5) is 13.0. The number of hydrogen-bond acceptors (Lipinski definition) is 3. The number of anilines is 1. The van der Waals surface area contributed by atoms with E-state index in [1.54, 1.807) is 24.3 Å². The molecule has 2 aliphatic carbocycles. The summed E-state index contributed by atoms with van der Waals surface area (Å²) in [7, 11) is -3.92. The number of carbonyl (C=O) groups excluding carboxylic acids is 1. The van der Waals surface area contributed by atoms with Gasteiger partial charge in [-0.3, -0.25) is 9.10 Å². The number of halogens is 1. The van der Waals surface area contributed by atoms with Gasteiger partial charge in [-0.2, -0.15) is 0 Å². The molecule has 0 saturated heterocycles. The van der Waals surface area contributed by atoms with E-state index in [-0.39, 0.29) is 23.4 Å². The predicted molar refractivity (Wildman–Crippen MR) is 115 cm³/mol. The highest BCUT2D eigenvalue weighted by Crippen LogP contribution is 2.44. The molecule has 0 unspecified atom stereocenters. The van der Waals surface area contributed by atoms with Crippen molar-refractivity contribution in [2.75, 3.05) is 10.8 Å². The van der Waals surface area contributed by atoms with E-state index in [2.05, 4.69) is 5.32 Å². The molecule has 0 spiro atoms. The van der Waals surface area contributed by atoms with Crippen molar-refractivity contribution in [1.82, 2.24) is 5.32 Å². The van der Waals surface area contributed by atoms with Crippen molar-refractivity contribution in [3.63, 3.8) is 0 Å². The van der Waals surface area contributed by atoms with Crippen LogP contribution < -0.4 is 9.62 Å². The van der Waals surface area contributed by atoms with Crippen molar-refractivity contribution in [3.8, 4) is 0 Å². The number of para-hydroxylation sites is 1. The van der Waals surface area contributed by atoms with Crippen LogP contribution in [0.15, 0.2) is 53.4 Å². The topological polar surface area (TPSA) is 66.5 Å². The minimum absolute atomic E-state index is 0.109. The van der Waals surface area contributed by atoms with Crippen LogP contribution in [0.1, 0.15) is 31.2 Å². The Morgan fingerprint density at radius 1 is 1.10 bits per heavy atom. The van der Waals surface area contributed by atoms with Crippen molar-refractivity contribution in [2.24, 2.45) is 11.8 Å². The molecule has 154 valence electrons. The summed E-state index contributed by atoms with van der Waals surface area (Å²) in [5.74, 6) is 0.975. The third-order valence-electron chi connectivity index (χ3n) is 6.16. The third-order valence-corrected chi connectivity index (χ3v) is 8.18. The number of benzene rings is 2. The quantitative estimate of drug-likeness (QED) is 0.745. The Kier molecular flexibility index (Phi) is 5.58.